The van der Waals surface area contributed by atoms with E-state index in [9.17, 15) is 4.79 Å². The van der Waals surface area contributed by atoms with Gasteiger partial charge in [-0.05, 0) is 55.9 Å². The molecule has 2 bridgehead atoms. The van der Waals surface area contributed by atoms with Crippen LogP contribution < -0.4 is 11.1 Å². The maximum atomic E-state index is 12.3. The first-order valence-electron chi connectivity index (χ1n) is 8.20. The summed E-state index contributed by atoms with van der Waals surface area (Å²) in [6, 6.07) is 0.477. The molecule has 20 heavy (non-hydrogen) atoms. The van der Waals surface area contributed by atoms with Crippen molar-refractivity contribution in [2.75, 3.05) is 6.54 Å². The first-order valence-corrected chi connectivity index (χ1v) is 8.20. The predicted octanol–water partition coefficient (Wildman–Crippen LogP) is 3.01. The van der Waals surface area contributed by atoms with E-state index in [-0.39, 0.29) is 23.7 Å². The van der Waals surface area contributed by atoms with Crippen molar-refractivity contribution in [1.82, 2.24) is 5.32 Å². The molecule has 0 spiro atoms. The van der Waals surface area contributed by atoms with Gasteiger partial charge in [0.25, 0.3) is 0 Å². The zero-order valence-corrected chi connectivity index (χ0v) is 13.2. The van der Waals surface area contributed by atoms with Crippen molar-refractivity contribution < 1.29 is 4.79 Å². The standard InChI is InChI=1S/C16H28N2O.ClH/c17-11-16(6-2-1-3-7-16)10-15(19)18-14-9-12-4-5-13(14)8-12;/h12-14H,1-11,17H2,(H,18,19);1H. The molecule has 3 aliphatic carbocycles. The highest BCUT2D eigenvalue weighted by atomic mass is 35.5. The van der Waals surface area contributed by atoms with Gasteiger partial charge in [-0.1, -0.05) is 25.7 Å². The molecule has 0 aromatic heterocycles. The van der Waals surface area contributed by atoms with Crippen LogP contribution in [0.4, 0.5) is 0 Å². The molecule has 3 nitrogen and oxygen atoms in total. The van der Waals surface area contributed by atoms with Crippen LogP contribution in [0.15, 0.2) is 0 Å². The van der Waals surface area contributed by atoms with Crippen LogP contribution in [0.2, 0.25) is 0 Å². The molecule has 0 aromatic carbocycles. The lowest BCUT2D eigenvalue weighted by Crippen LogP contribution is -2.43. The molecule has 3 fully saturated rings. The Hall–Kier alpha value is -0.280. The molecule has 0 aliphatic heterocycles. The molecule has 3 atom stereocenters. The van der Waals surface area contributed by atoms with Crippen molar-refractivity contribution in [3.05, 3.63) is 0 Å². The minimum absolute atomic E-state index is 0. The van der Waals surface area contributed by atoms with Gasteiger partial charge >= 0.3 is 0 Å². The number of halogens is 1. The Balaban J connectivity index is 0.00000147. The Morgan fingerprint density at radius 1 is 1.15 bits per heavy atom. The number of nitrogens with one attached hydrogen (secondary N) is 1. The maximum Gasteiger partial charge on any atom is 0.220 e. The van der Waals surface area contributed by atoms with E-state index in [1.165, 1.54) is 44.9 Å². The SMILES string of the molecule is Cl.NCC1(CC(=O)NC2CC3CCC2C3)CCCCC1. The van der Waals surface area contributed by atoms with Crippen LogP contribution in [-0.4, -0.2) is 18.5 Å². The van der Waals surface area contributed by atoms with Gasteiger partial charge in [0.15, 0.2) is 0 Å². The predicted molar refractivity (Wildman–Crippen MR) is 83.8 cm³/mol. The number of amides is 1. The molecule has 3 aliphatic rings. The third kappa shape index (κ3) is 3.30. The number of hydrogen-bond acceptors (Lipinski definition) is 2. The van der Waals surface area contributed by atoms with E-state index in [1.807, 2.05) is 0 Å². The number of carbonyl (C=O) groups excluding carboxylic acids is 1. The smallest absolute Gasteiger partial charge is 0.220 e. The van der Waals surface area contributed by atoms with Crippen LogP contribution in [0.5, 0.6) is 0 Å². The van der Waals surface area contributed by atoms with Gasteiger partial charge in [-0.3, -0.25) is 4.79 Å². The van der Waals surface area contributed by atoms with Crippen molar-refractivity contribution in [2.24, 2.45) is 23.0 Å². The summed E-state index contributed by atoms with van der Waals surface area (Å²) < 4.78 is 0. The van der Waals surface area contributed by atoms with E-state index in [0.717, 1.165) is 24.7 Å². The number of hydrogen-bond donors (Lipinski definition) is 2. The molecule has 3 saturated carbocycles. The highest BCUT2D eigenvalue weighted by Gasteiger charge is 2.41. The second kappa shape index (κ2) is 6.65. The van der Waals surface area contributed by atoms with Crippen molar-refractivity contribution in [1.29, 1.82) is 0 Å². The maximum absolute atomic E-state index is 12.3. The Labute approximate surface area is 128 Å². The lowest BCUT2D eigenvalue weighted by molar-refractivity contribution is -0.125. The Morgan fingerprint density at radius 2 is 1.90 bits per heavy atom. The average Bonchev–Trinajstić information content (AvgIpc) is 3.02. The number of nitrogens with two attached hydrogens (primary N) is 1. The van der Waals surface area contributed by atoms with Crippen molar-refractivity contribution in [3.63, 3.8) is 0 Å². The summed E-state index contributed by atoms with van der Waals surface area (Å²) in [5.74, 6) is 1.94. The average molecular weight is 301 g/mol. The van der Waals surface area contributed by atoms with E-state index in [0.29, 0.717) is 19.0 Å². The molecule has 3 rings (SSSR count). The Morgan fingerprint density at radius 3 is 2.45 bits per heavy atom. The van der Waals surface area contributed by atoms with E-state index < -0.39 is 0 Å². The summed E-state index contributed by atoms with van der Waals surface area (Å²) in [6.45, 7) is 0.678. The largest absolute Gasteiger partial charge is 0.353 e. The third-order valence-electron chi connectivity index (χ3n) is 5.97. The highest BCUT2D eigenvalue weighted by molar-refractivity contribution is 5.85. The molecule has 1 amide bonds. The summed E-state index contributed by atoms with van der Waals surface area (Å²) in [5.41, 5.74) is 6.09. The van der Waals surface area contributed by atoms with Crippen LogP contribution in [0.3, 0.4) is 0 Å². The van der Waals surface area contributed by atoms with Gasteiger partial charge in [0.1, 0.15) is 0 Å². The van der Waals surface area contributed by atoms with Crippen LogP contribution >= 0.6 is 12.4 Å². The lowest BCUT2D eigenvalue weighted by atomic mass is 9.71. The zero-order chi connectivity index (χ0) is 13.3. The minimum atomic E-state index is 0. The fourth-order valence-corrected chi connectivity index (χ4v) is 4.77. The fraction of sp³-hybridized carbons (Fsp3) is 0.938. The molecule has 3 unspecified atom stereocenters. The van der Waals surface area contributed by atoms with Crippen molar-refractivity contribution >= 4 is 18.3 Å². The molecular formula is C16H29ClN2O. The van der Waals surface area contributed by atoms with Gasteiger partial charge in [-0.25, -0.2) is 0 Å². The molecule has 3 N–H and O–H groups in total. The quantitative estimate of drug-likeness (QED) is 0.838. The monoisotopic (exact) mass is 300 g/mol. The van der Waals surface area contributed by atoms with E-state index >= 15 is 0 Å². The molecule has 4 heteroatoms. The van der Waals surface area contributed by atoms with Gasteiger partial charge in [-0.2, -0.15) is 0 Å². The van der Waals surface area contributed by atoms with Gasteiger partial charge in [0, 0.05) is 12.5 Å². The molecule has 116 valence electrons. The normalized spacial score (nSPS) is 34.5. The number of fused-ring (bicyclic) bond motifs is 2. The van der Waals surface area contributed by atoms with E-state index in [4.69, 9.17) is 5.73 Å². The van der Waals surface area contributed by atoms with Gasteiger partial charge in [-0.15, -0.1) is 12.4 Å². The van der Waals surface area contributed by atoms with E-state index in [2.05, 4.69) is 5.32 Å². The molecule has 0 radical (unpaired) electrons. The Kier molecular flexibility index (Phi) is 5.36. The summed E-state index contributed by atoms with van der Waals surface area (Å²) in [6.07, 6.45) is 12.1. The van der Waals surface area contributed by atoms with Gasteiger partial charge in [0.05, 0.1) is 0 Å². The zero-order valence-electron chi connectivity index (χ0n) is 12.4. The Bertz CT molecular complexity index is 341. The number of rotatable bonds is 4. The number of carbonyl (C=O) groups is 1. The molecule has 0 heterocycles. The van der Waals surface area contributed by atoms with E-state index in [1.54, 1.807) is 0 Å². The first-order chi connectivity index (χ1) is 9.21. The molecule has 0 saturated heterocycles. The minimum Gasteiger partial charge on any atom is -0.353 e. The topological polar surface area (TPSA) is 55.1 Å². The van der Waals surface area contributed by atoms with Crippen LogP contribution in [0.25, 0.3) is 0 Å². The van der Waals surface area contributed by atoms with Crippen molar-refractivity contribution in [3.8, 4) is 0 Å². The van der Waals surface area contributed by atoms with Crippen LogP contribution in [0.1, 0.15) is 64.2 Å². The summed E-state index contributed by atoms with van der Waals surface area (Å²) in [7, 11) is 0. The highest BCUT2D eigenvalue weighted by Crippen LogP contribution is 2.45. The molecule has 0 aromatic rings. The van der Waals surface area contributed by atoms with Crippen LogP contribution in [-0.2, 0) is 4.79 Å². The summed E-state index contributed by atoms with van der Waals surface area (Å²) >= 11 is 0. The first kappa shape index (κ1) is 16.1. The van der Waals surface area contributed by atoms with Gasteiger partial charge < -0.3 is 11.1 Å². The lowest BCUT2D eigenvalue weighted by Gasteiger charge is -2.36. The second-order valence-electron chi connectivity index (χ2n) is 7.29. The third-order valence-corrected chi connectivity index (χ3v) is 5.97. The fourth-order valence-electron chi connectivity index (χ4n) is 4.77. The summed E-state index contributed by atoms with van der Waals surface area (Å²) in [5, 5.41) is 3.32. The van der Waals surface area contributed by atoms with Gasteiger partial charge in [0.2, 0.25) is 5.91 Å². The second-order valence-corrected chi connectivity index (χ2v) is 7.29. The van der Waals surface area contributed by atoms with Crippen molar-refractivity contribution in [2.45, 2.75) is 70.3 Å². The van der Waals surface area contributed by atoms with Crippen LogP contribution in [0, 0.1) is 17.3 Å². The summed E-state index contributed by atoms with van der Waals surface area (Å²) in [4.78, 5) is 12.3. The molecular weight excluding hydrogens is 272 g/mol.